The smallest absolute Gasteiger partial charge is 0.0781 e. The van der Waals surface area contributed by atoms with Gasteiger partial charge in [0, 0.05) is 14.1 Å². The Labute approximate surface area is 108 Å². The third-order valence-electron chi connectivity index (χ3n) is 5.85. The Kier molecular flexibility index (Phi) is 2.87. The topological polar surface area (TPSA) is 65.3 Å². The van der Waals surface area contributed by atoms with Crippen molar-refractivity contribution in [1.29, 1.82) is 0 Å². The summed E-state index contributed by atoms with van der Waals surface area (Å²) in [6, 6.07) is -0.0783. The molecule has 0 radical (unpaired) electrons. The van der Waals surface area contributed by atoms with Crippen LogP contribution in [0.5, 0.6) is 0 Å². The highest BCUT2D eigenvalue weighted by molar-refractivity contribution is 5.19. The number of hydrogen-bond acceptors (Lipinski definition) is 4. The lowest BCUT2D eigenvalue weighted by atomic mass is 9.69. The lowest BCUT2D eigenvalue weighted by molar-refractivity contribution is 0.0243. The van der Waals surface area contributed by atoms with Crippen molar-refractivity contribution < 1.29 is 0 Å². The number of fused-ring (bicyclic) bond motifs is 2. The zero-order valence-corrected chi connectivity index (χ0v) is 11.8. The summed E-state index contributed by atoms with van der Waals surface area (Å²) in [5, 5.41) is 9.10. The normalized spacial score (nSPS) is 40.6. The van der Waals surface area contributed by atoms with Crippen LogP contribution in [-0.2, 0) is 0 Å². The molecule has 2 aliphatic rings. The Morgan fingerprint density at radius 1 is 1.06 bits per heavy atom. The first-order valence-corrected chi connectivity index (χ1v) is 6.43. The number of rotatable bonds is 4. The van der Waals surface area contributed by atoms with Crippen LogP contribution >= 0.6 is 0 Å². The van der Waals surface area contributed by atoms with Crippen LogP contribution in [0.15, 0.2) is 10.6 Å². The number of nitrogens with zero attached hydrogens (tertiary/aromatic N) is 4. The first-order valence-electron chi connectivity index (χ1n) is 6.43. The molecule has 0 amide bonds. The Balaban J connectivity index is 2.47. The van der Waals surface area contributed by atoms with Gasteiger partial charge in [0.1, 0.15) is 0 Å². The van der Waals surface area contributed by atoms with Gasteiger partial charge in [-0.25, -0.2) is 0 Å². The van der Waals surface area contributed by atoms with Crippen LogP contribution in [0.25, 0.3) is 0 Å². The number of nitroso groups, excluding NO2 is 2. The highest BCUT2D eigenvalue weighted by atomic mass is 16.3. The fraction of sp³-hybridized carbons (Fsp3) is 1.00. The summed E-state index contributed by atoms with van der Waals surface area (Å²) in [6.07, 6.45) is 2.15. The summed E-state index contributed by atoms with van der Waals surface area (Å²) >= 11 is 0. The number of hydrogen-bond donors (Lipinski definition) is 0. The van der Waals surface area contributed by atoms with Crippen LogP contribution < -0.4 is 0 Å². The molecule has 4 atom stereocenters. The molecule has 0 spiro atoms. The van der Waals surface area contributed by atoms with Gasteiger partial charge >= 0.3 is 0 Å². The van der Waals surface area contributed by atoms with Crippen molar-refractivity contribution in [3.63, 3.8) is 0 Å². The lowest BCUT2D eigenvalue weighted by Gasteiger charge is -2.43. The second-order valence-electron chi connectivity index (χ2n) is 6.53. The molecule has 102 valence electrons. The Morgan fingerprint density at radius 2 is 1.61 bits per heavy atom. The highest BCUT2D eigenvalue weighted by Crippen LogP contribution is 2.67. The van der Waals surface area contributed by atoms with Crippen molar-refractivity contribution in [2.75, 3.05) is 14.1 Å². The predicted molar refractivity (Wildman–Crippen MR) is 69.3 cm³/mol. The maximum absolute atomic E-state index is 10.9. The average Bonchev–Trinajstić information content (AvgIpc) is 2.67. The summed E-state index contributed by atoms with van der Waals surface area (Å²) in [5.41, 5.74) is 0.0736. The standard InChI is InChI=1S/C12H22N4O2/c1-11(2)8-6-7-12(11,3)10(16(5)14-18)9(8)15(4)13-17/h8-10H,6-7H2,1-5H3. The van der Waals surface area contributed by atoms with Crippen molar-refractivity contribution in [3.05, 3.63) is 9.81 Å². The quantitative estimate of drug-likeness (QED) is 0.571. The molecule has 0 aromatic heterocycles. The monoisotopic (exact) mass is 254 g/mol. The zero-order chi connectivity index (χ0) is 13.7. The lowest BCUT2D eigenvalue weighted by Crippen LogP contribution is -2.52. The van der Waals surface area contributed by atoms with Gasteiger partial charge in [0.2, 0.25) is 0 Å². The van der Waals surface area contributed by atoms with Crippen LogP contribution in [0.1, 0.15) is 33.6 Å². The highest BCUT2D eigenvalue weighted by Gasteiger charge is 2.68. The average molecular weight is 254 g/mol. The molecular formula is C12H22N4O2. The molecule has 18 heavy (non-hydrogen) atoms. The molecule has 4 unspecified atom stereocenters. The predicted octanol–water partition coefficient (Wildman–Crippen LogP) is 2.41. The first-order chi connectivity index (χ1) is 8.31. The van der Waals surface area contributed by atoms with Gasteiger partial charge in [-0.05, 0) is 29.6 Å². The van der Waals surface area contributed by atoms with Crippen LogP contribution in [0.4, 0.5) is 0 Å². The zero-order valence-electron chi connectivity index (χ0n) is 11.8. The fourth-order valence-electron chi connectivity index (χ4n) is 4.49. The molecule has 2 saturated carbocycles. The van der Waals surface area contributed by atoms with Crippen molar-refractivity contribution in [3.8, 4) is 0 Å². The molecular weight excluding hydrogens is 232 g/mol. The Morgan fingerprint density at radius 3 is 2.11 bits per heavy atom. The second kappa shape index (κ2) is 3.90. The third kappa shape index (κ3) is 1.34. The molecule has 2 bridgehead atoms. The number of likely N-dealkylation sites (N-methyl/N-ethyl adjacent to an activating group) is 2. The summed E-state index contributed by atoms with van der Waals surface area (Å²) < 4.78 is 0. The van der Waals surface area contributed by atoms with E-state index >= 15 is 0 Å². The van der Waals surface area contributed by atoms with E-state index in [0.29, 0.717) is 5.92 Å². The van der Waals surface area contributed by atoms with E-state index in [1.165, 1.54) is 10.0 Å². The maximum atomic E-state index is 10.9. The summed E-state index contributed by atoms with van der Waals surface area (Å²) in [4.78, 5) is 21.8. The van der Waals surface area contributed by atoms with Crippen molar-refractivity contribution in [1.82, 2.24) is 10.0 Å². The summed E-state index contributed by atoms with van der Waals surface area (Å²) in [6.45, 7) is 6.67. The Hall–Kier alpha value is -1.20. The molecule has 2 aliphatic carbocycles. The van der Waals surface area contributed by atoms with Crippen LogP contribution in [0.3, 0.4) is 0 Å². The minimum atomic E-state index is -0.0496. The maximum Gasteiger partial charge on any atom is 0.0781 e. The largest absolute Gasteiger partial charge is 0.258 e. The second-order valence-corrected chi connectivity index (χ2v) is 6.53. The molecule has 0 aliphatic heterocycles. The molecule has 2 fully saturated rings. The van der Waals surface area contributed by atoms with E-state index in [1.807, 2.05) is 0 Å². The molecule has 0 N–H and O–H groups in total. The van der Waals surface area contributed by atoms with Crippen LogP contribution in [-0.4, -0.2) is 36.2 Å². The third-order valence-corrected chi connectivity index (χ3v) is 5.85. The Bertz CT molecular complexity index is 373. The molecule has 0 aromatic rings. The molecule has 0 saturated heterocycles. The van der Waals surface area contributed by atoms with Gasteiger partial charge in [-0.15, -0.1) is 9.81 Å². The molecule has 2 rings (SSSR count). The van der Waals surface area contributed by atoms with E-state index in [4.69, 9.17) is 0 Å². The van der Waals surface area contributed by atoms with Gasteiger partial charge in [-0.2, -0.15) is 0 Å². The SMILES string of the molecule is CN(N=O)C1C2CCC(C)(C1N(C)N=O)C2(C)C. The van der Waals surface area contributed by atoms with Crippen molar-refractivity contribution >= 4 is 0 Å². The van der Waals surface area contributed by atoms with E-state index in [9.17, 15) is 9.81 Å². The van der Waals surface area contributed by atoms with Gasteiger partial charge in [-0.1, -0.05) is 20.8 Å². The minimum absolute atomic E-state index is 0.00998. The molecule has 6 heteroatoms. The molecule has 0 heterocycles. The van der Waals surface area contributed by atoms with Crippen molar-refractivity contribution in [2.24, 2.45) is 27.3 Å². The van der Waals surface area contributed by atoms with Crippen molar-refractivity contribution in [2.45, 2.75) is 45.7 Å². The first kappa shape index (κ1) is 13.2. The molecule has 6 nitrogen and oxygen atoms in total. The van der Waals surface area contributed by atoms with Gasteiger partial charge in [0.15, 0.2) is 0 Å². The van der Waals surface area contributed by atoms with E-state index < -0.39 is 0 Å². The van der Waals surface area contributed by atoms with Crippen LogP contribution in [0, 0.1) is 26.6 Å². The van der Waals surface area contributed by atoms with Gasteiger partial charge in [0.25, 0.3) is 0 Å². The van der Waals surface area contributed by atoms with Gasteiger partial charge in [-0.3, -0.25) is 10.0 Å². The van der Waals surface area contributed by atoms with E-state index in [2.05, 4.69) is 31.3 Å². The van der Waals surface area contributed by atoms with Gasteiger partial charge in [0.05, 0.1) is 22.7 Å². The van der Waals surface area contributed by atoms with Gasteiger partial charge < -0.3 is 0 Å². The summed E-state index contributed by atoms with van der Waals surface area (Å²) in [7, 11) is 3.40. The van der Waals surface area contributed by atoms with E-state index in [-0.39, 0.29) is 22.9 Å². The minimum Gasteiger partial charge on any atom is -0.258 e. The van der Waals surface area contributed by atoms with E-state index in [1.54, 1.807) is 14.1 Å². The molecule has 0 aromatic carbocycles. The fourth-order valence-corrected chi connectivity index (χ4v) is 4.49. The van der Waals surface area contributed by atoms with E-state index in [0.717, 1.165) is 12.8 Å². The summed E-state index contributed by atoms with van der Waals surface area (Å²) in [5.74, 6) is 0.374. The van der Waals surface area contributed by atoms with Crippen LogP contribution in [0.2, 0.25) is 0 Å².